The number of rotatable bonds is 5. The molecule has 0 fully saturated rings. The maximum atomic E-state index is 11.0. The van der Waals surface area contributed by atoms with Gasteiger partial charge in [-0.05, 0) is 50.2 Å². The Kier molecular flexibility index (Phi) is 4.42. The Morgan fingerprint density at radius 2 is 1.85 bits per heavy atom. The summed E-state index contributed by atoms with van der Waals surface area (Å²) >= 11 is 1.67. The Bertz CT molecular complexity index is 590. The molecule has 0 bridgehead atoms. The Hall–Kier alpha value is -1.85. The van der Waals surface area contributed by atoms with Gasteiger partial charge in [-0.2, -0.15) is 0 Å². The van der Waals surface area contributed by atoms with Gasteiger partial charge in [0.05, 0.1) is 0 Å². The van der Waals surface area contributed by atoms with Crippen LogP contribution in [0.5, 0.6) is 5.75 Å². The maximum Gasteiger partial charge on any atom is 0.248 e. The second-order valence-corrected chi connectivity index (χ2v) is 6.05. The molecule has 1 heterocycles. The third kappa shape index (κ3) is 3.37. The summed E-state index contributed by atoms with van der Waals surface area (Å²) in [7, 11) is 0. The number of benzene rings is 1. The lowest BCUT2D eigenvalue weighted by atomic mass is 10.1. The summed E-state index contributed by atoms with van der Waals surface area (Å²) in [6.45, 7) is 3.96. The first kappa shape index (κ1) is 14.6. The lowest BCUT2D eigenvalue weighted by molar-refractivity contribution is 0.1000. The molecule has 20 heavy (non-hydrogen) atoms. The fraction of sp³-hybridized carbons (Fsp3) is 0.267. The van der Waals surface area contributed by atoms with Crippen LogP contribution in [0.1, 0.15) is 33.1 Å². The number of aryl methyl sites for hydroxylation is 1. The van der Waals surface area contributed by atoms with Crippen molar-refractivity contribution < 1.29 is 9.53 Å². The molecule has 1 aromatic heterocycles. The first-order valence-corrected chi connectivity index (χ1v) is 7.17. The number of hydrogen-bond acceptors (Lipinski definition) is 4. The van der Waals surface area contributed by atoms with E-state index in [9.17, 15) is 4.79 Å². The minimum absolute atomic E-state index is 0.135. The zero-order chi connectivity index (χ0) is 14.7. The van der Waals surface area contributed by atoms with Crippen molar-refractivity contribution in [1.82, 2.24) is 0 Å². The highest BCUT2D eigenvalue weighted by molar-refractivity contribution is 7.12. The topological polar surface area (TPSA) is 78.3 Å². The van der Waals surface area contributed by atoms with Crippen LogP contribution in [0.2, 0.25) is 0 Å². The van der Waals surface area contributed by atoms with Crippen LogP contribution in [0, 0.1) is 6.92 Å². The summed E-state index contributed by atoms with van der Waals surface area (Å²) in [4.78, 5) is 13.3. The van der Waals surface area contributed by atoms with Gasteiger partial charge in [0.25, 0.3) is 0 Å². The van der Waals surface area contributed by atoms with Crippen LogP contribution in [0.15, 0.2) is 36.4 Å². The summed E-state index contributed by atoms with van der Waals surface area (Å²) in [5.74, 6) is 0.220. The SMILES string of the molecule is Cc1ccc(C(Oc2ccc(C(N)=O)cc2)C(C)N)s1. The highest BCUT2D eigenvalue weighted by Gasteiger charge is 2.20. The average molecular weight is 290 g/mol. The number of amides is 1. The van der Waals surface area contributed by atoms with Gasteiger partial charge in [0.1, 0.15) is 11.9 Å². The standard InChI is InChI=1S/C15H18N2O2S/c1-9-3-8-13(20-9)14(10(2)16)19-12-6-4-11(5-7-12)15(17)18/h3-8,10,14H,16H2,1-2H3,(H2,17,18). The van der Waals surface area contributed by atoms with Crippen molar-refractivity contribution >= 4 is 17.2 Å². The van der Waals surface area contributed by atoms with Crippen LogP contribution in [0.3, 0.4) is 0 Å². The van der Waals surface area contributed by atoms with Crippen molar-refractivity contribution in [3.8, 4) is 5.75 Å². The van der Waals surface area contributed by atoms with E-state index in [4.69, 9.17) is 16.2 Å². The van der Waals surface area contributed by atoms with Crippen molar-refractivity contribution in [2.45, 2.75) is 26.0 Å². The number of thiophene rings is 1. The van der Waals surface area contributed by atoms with Gasteiger partial charge in [0.2, 0.25) is 5.91 Å². The van der Waals surface area contributed by atoms with E-state index in [1.54, 1.807) is 35.6 Å². The molecule has 0 aliphatic rings. The van der Waals surface area contributed by atoms with E-state index in [0.717, 1.165) is 4.88 Å². The van der Waals surface area contributed by atoms with E-state index in [0.29, 0.717) is 11.3 Å². The third-order valence-electron chi connectivity index (χ3n) is 2.92. The number of primary amides is 1. The molecule has 5 heteroatoms. The van der Waals surface area contributed by atoms with Gasteiger partial charge >= 0.3 is 0 Å². The van der Waals surface area contributed by atoms with Crippen molar-refractivity contribution in [2.24, 2.45) is 11.5 Å². The van der Waals surface area contributed by atoms with Gasteiger partial charge in [-0.25, -0.2) is 0 Å². The van der Waals surface area contributed by atoms with Gasteiger partial charge < -0.3 is 16.2 Å². The molecule has 4 N–H and O–H groups in total. The molecule has 1 amide bonds. The average Bonchev–Trinajstić information content (AvgIpc) is 2.82. The zero-order valence-corrected chi connectivity index (χ0v) is 12.3. The molecule has 4 nitrogen and oxygen atoms in total. The van der Waals surface area contributed by atoms with Crippen LogP contribution in [-0.2, 0) is 0 Å². The van der Waals surface area contributed by atoms with E-state index in [2.05, 4.69) is 6.07 Å². The Labute approximate surface area is 122 Å². The Morgan fingerprint density at radius 3 is 2.30 bits per heavy atom. The van der Waals surface area contributed by atoms with Gasteiger partial charge in [0, 0.05) is 21.4 Å². The quantitative estimate of drug-likeness (QED) is 0.888. The van der Waals surface area contributed by atoms with Crippen molar-refractivity contribution in [1.29, 1.82) is 0 Å². The molecule has 2 rings (SSSR count). The van der Waals surface area contributed by atoms with Gasteiger partial charge in [-0.15, -0.1) is 11.3 Å². The highest BCUT2D eigenvalue weighted by atomic mass is 32.1. The summed E-state index contributed by atoms with van der Waals surface area (Å²) in [6, 6.07) is 10.7. The fourth-order valence-electron chi connectivity index (χ4n) is 1.88. The molecule has 0 saturated carbocycles. The van der Waals surface area contributed by atoms with Crippen LogP contribution in [0.4, 0.5) is 0 Å². The largest absolute Gasteiger partial charge is 0.483 e. The second-order valence-electron chi connectivity index (χ2n) is 4.73. The predicted octanol–water partition coefficient (Wildman–Crippen LogP) is 2.62. The molecule has 106 valence electrons. The molecule has 1 aromatic carbocycles. The Balaban J connectivity index is 2.18. The van der Waals surface area contributed by atoms with Crippen molar-refractivity contribution in [2.75, 3.05) is 0 Å². The van der Waals surface area contributed by atoms with Crippen LogP contribution in [-0.4, -0.2) is 11.9 Å². The second kappa shape index (κ2) is 6.07. The fourth-order valence-corrected chi connectivity index (χ4v) is 2.90. The molecule has 2 aromatic rings. The number of ether oxygens (including phenoxy) is 1. The summed E-state index contributed by atoms with van der Waals surface area (Å²) < 4.78 is 5.94. The summed E-state index contributed by atoms with van der Waals surface area (Å²) in [5.41, 5.74) is 11.7. The minimum atomic E-state index is -0.450. The van der Waals surface area contributed by atoms with Gasteiger partial charge in [-0.3, -0.25) is 4.79 Å². The molecular formula is C15H18N2O2S. The van der Waals surface area contributed by atoms with Crippen LogP contribution in [0.25, 0.3) is 0 Å². The smallest absolute Gasteiger partial charge is 0.248 e. The third-order valence-corrected chi connectivity index (χ3v) is 3.98. The highest BCUT2D eigenvalue weighted by Crippen LogP contribution is 2.29. The monoisotopic (exact) mass is 290 g/mol. The van der Waals surface area contributed by atoms with E-state index < -0.39 is 5.91 Å². The molecular weight excluding hydrogens is 272 g/mol. The Morgan fingerprint density at radius 1 is 1.20 bits per heavy atom. The lowest BCUT2D eigenvalue weighted by Crippen LogP contribution is -2.28. The predicted molar refractivity (Wildman–Crippen MR) is 81.0 cm³/mol. The van der Waals surface area contributed by atoms with Crippen LogP contribution < -0.4 is 16.2 Å². The van der Waals surface area contributed by atoms with Gasteiger partial charge in [-0.1, -0.05) is 0 Å². The molecule has 0 spiro atoms. The zero-order valence-electron chi connectivity index (χ0n) is 11.5. The molecule has 0 radical (unpaired) electrons. The molecule has 2 atom stereocenters. The molecule has 0 aliphatic heterocycles. The van der Waals surface area contributed by atoms with E-state index >= 15 is 0 Å². The van der Waals surface area contributed by atoms with Crippen LogP contribution >= 0.6 is 11.3 Å². The number of carbonyl (C=O) groups is 1. The first-order valence-electron chi connectivity index (χ1n) is 6.36. The first-order chi connectivity index (χ1) is 9.47. The summed E-state index contributed by atoms with van der Waals surface area (Å²) in [6.07, 6.45) is -0.201. The molecule has 2 unspecified atom stereocenters. The lowest BCUT2D eigenvalue weighted by Gasteiger charge is -2.21. The minimum Gasteiger partial charge on any atom is -0.483 e. The van der Waals surface area contributed by atoms with E-state index in [-0.39, 0.29) is 12.1 Å². The van der Waals surface area contributed by atoms with Gasteiger partial charge in [0.15, 0.2) is 0 Å². The van der Waals surface area contributed by atoms with Crippen molar-refractivity contribution in [3.05, 3.63) is 51.7 Å². The number of carbonyl (C=O) groups excluding carboxylic acids is 1. The summed E-state index contributed by atoms with van der Waals surface area (Å²) in [5, 5.41) is 0. The van der Waals surface area contributed by atoms with E-state index in [1.165, 1.54) is 4.88 Å². The molecule has 0 aliphatic carbocycles. The van der Waals surface area contributed by atoms with E-state index in [1.807, 2.05) is 19.9 Å². The van der Waals surface area contributed by atoms with Crippen molar-refractivity contribution in [3.63, 3.8) is 0 Å². The normalized spacial score (nSPS) is 13.8. The number of hydrogen-bond donors (Lipinski definition) is 2. The maximum absolute atomic E-state index is 11.0. The molecule has 0 saturated heterocycles. The number of nitrogens with two attached hydrogens (primary N) is 2.